The highest BCUT2D eigenvalue weighted by atomic mass is 31.2. The van der Waals surface area contributed by atoms with E-state index in [1.807, 2.05) is 0 Å². The van der Waals surface area contributed by atoms with Crippen LogP contribution in [0.2, 0.25) is 0 Å². The predicted molar refractivity (Wildman–Crippen MR) is 131 cm³/mol. The normalized spacial score (nSPS) is 23.6. The first kappa shape index (κ1) is 30.8. The number of amides is 1. The summed E-state index contributed by atoms with van der Waals surface area (Å²) in [6.07, 6.45) is 7.38. The van der Waals surface area contributed by atoms with Crippen LogP contribution in [-0.2, 0) is 27.6 Å². The van der Waals surface area contributed by atoms with E-state index in [0.717, 1.165) is 12.8 Å². The average molecular weight is 534 g/mol. The Morgan fingerprint density at radius 1 is 1.06 bits per heavy atom. The number of nitrogens with zero attached hydrogens (tertiary/aromatic N) is 1. The van der Waals surface area contributed by atoms with Crippen LogP contribution in [0.25, 0.3) is 0 Å². The third-order valence-corrected chi connectivity index (χ3v) is 7.34. The van der Waals surface area contributed by atoms with Gasteiger partial charge < -0.3 is 25.4 Å². The zero-order chi connectivity index (χ0) is 26.4. The molecule has 1 aromatic rings. The smallest absolute Gasteiger partial charge is 0.387 e. The number of carbonyl (C=O) groups is 1. The molecule has 2 rings (SSSR count). The molecule has 0 spiro atoms. The number of hydrogen-bond acceptors (Lipinski definition) is 9. The standard InChI is InChI=1S/C24H41N2O9P/c1-3-4-5-6-7-8-9-14-32-15-11-16-33-36(30,31-2)34-18-20-21(27)22(28)24(35-20)26-13-10-12-19(17-26)23(25)29/h10,12-13,17,20-22,24,27-28H,3-9,11,14-16,18H2,1-2H3,(H-,25,29)/p+1. The van der Waals surface area contributed by atoms with Crippen LogP contribution in [0.4, 0.5) is 0 Å². The average Bonchev–Trinajstić information content (AvgIpc) is 3.17. The Bertz CT molecular complexity index is 829. The number of rotatable bonds is 19. The molecular weight excluding hydrogens is 491 g/mol. The molecule has 0 saturated carbocycles. The molecule has 2 heterocycles. The van der Waals surface area contributed by atoms with Gasteiger partial charge in [-0.05, 0) is 18.9 Å². The molecule has 1 aliphatic heterocycles. The van der Waals surface area contributed by atoms with Crippen molar-refractivity contribution in [3.8, 4) is 0 Å². The minimum Gasteiger partial charge on any atom is -0.387 e. The van der Waals surface area contributed by atoms with Crippen molar-refractivity contribution in [1.82, 2.24) is 0 Å². The maximum atomic E-state index is 12.7. The summed E-state index contributed by atoms with van der Waals surface area (Å²) in [5.41, 5.74) is 5.51. The van der Waals surface area contributed by atoms with Gasteiger partial charge in [0.15, 0.2) is 18.5 Å². The second-order valence-electron chi connectivity index (χ2n) is 8.80. The van der Waals surface area contributed by atoms with Crippen LogP contribution in [0.15, 0.2) is 24.5 Å². The van der Waals surface area contributed by atoms with Gasteiger partial charge in [-0.2, -0.15) is 4.57 Å². The Morgan fingerprint density at radius 2 is 1.75 bits per heavy atom. The van der Waals surface area contributed by atoms with Gasteiger partial charge in [-0.3, -0.25) is 18.4 Å². The Labute approximate surface area is 213 Å². The highest BCUT2D eigenvalue weighted by Gasteiger charge is 2.49. The molecule has 5 unspecified atom stereocenters. The maximum absolute atomic E-state index is 12.7. The van der Waals surface area contributed by atoms with E-state index in [4.69, 9.17) is 28.8 Å². The van der Waals surface area contributed by atoms with Gasteiger partial charge in [0.1, 0.15) is 17.8 Å². The van der Waals surface area contributed by atoms with E-state index in [0.29, 0.717) is 19.6 Å². The topological polar surface area (TPSA) is 151 Å². The van der Waals surface area contributed by atoms with Crippen molar-refractivity contribution in [1.29, 1.82) is 0 Å². The lowest BCUT2D eigenvalue weighted by atomic mass is 10.1. The van der Waals surface area contributed by atoms with Crippen LogP contribution in [0.1, 0.15) is 74.9 Å². The Kier molecular flexibility index (Phi) is 14.0. The molecule has 0 aliphatic carbocycles. The van der Waals surface area contributed by atoms with Crippen molar-refractivity contribution in [3.05, 3.63) is 30.1 Å². The number of primary amides is 1. The highest BCUT2D eigenvalue weighted by Crippen LogP contribution is 2.49. The number of phosphoric ester groups is 1. The van der Waals surface area contributed by atoms with Crippen LogP contribution >= 0.6 is 7.82 Å². The molecule has 1 fully saturated rings. The number of phosphoric acid groups is 1. The van der Waals surface area contributed by atoms with Gasteiger partial charge in [0, 0.05) is 26.4 Å². The molecule has 0 radical (unpaired) electrons. The Hall–Kier alpha value is -1.43. The van der Waals surface area contributed by atoms with Gasteiger partial charge in [0.2, 0.25) is 0 Å². The summed E-state index contributed by atoms with van der Waals surface area (Å²) in [6, 6.07) is 3.09. The molecule has 0 bridgehead atoms. The predicted octanol–water partition coefficient (Wildman–Crippen LogP) is 2.64. The first-order valence-electron chi connectivity index (χ1n) is 12.7. The summed E-state index contributed by atoms with van der Waals surface area (Å²) < 4.78 is 41.0. The second-order valence-corrected chi connectivity index (χ2v) is 10.6. The summed E-state index contributed by atoms with van der Waals surface area (Å²) >= 11 is 0. The molecular formula is C24H42N2O9P+. The van der Waals surface area contributed by atoms with Gasteiger partial charge in [0.25, 0.3) is 12.1 Å². The van der Waals surface area contributed by atoms with Gasteiger partial charge in [-0.25, -0.2) is 4.57 Å². The number of hydrogen-bond donors (Lipinski definition) is 3. The number of carbonyl (C=O) groups excluding carboxylic acids is 1. The van der Waals surface area contributed by atoms with Crippen molar-refractivity contribution in [2.75, 3.05) is 33.5 Å². The molecule has 36 heavy (non-hydrogen) atoms. The van der Waals surface area contributed by atoms with Gasteiger partial charge >= 0.3 is 7.82 Å². The zero-order valence-corrected chi connectivity index (χ0v) is 22.2. The van der Waals surface area contributed by atoms with Crippen LogP contribution in [0, 0.1) is 0 Å². The zero-order valence-electron chi connectivity index (χ0n) is 21.3. The summed E-state index contributed by atoms with van der Waals surface area (Å²) in [5.74, 6) is -0.640. The minimum atomic E-state index is -3.89. The van der Waals surface area contributed by atoms with Crippen LogP contribution in [0.5, 0.6) is 0 Å². The third-order valence-electron chi connectivity index (χ3n) is 5.93. The van der Waals surface area contributed by atoms with Crippen LogP contribution in [0.3, 0.4) is 0 Å². The number of aromatic nitrogens is 1. The van der Waals surface area contributed by atoms with Crippen molar-refractivity contribution >= 4 is 13.7 Å². The number of aliphatic hydroxyl groups is 2. The van der Waals surface area contributed by atoms with Gasteiger partial charge in [0.05, 0.1) is 13.2 Å². The molecule has 1 aromatic heterocycles. The number of aliphatic hydroxyl groups excluding tert-OH is 2. The van der Waals surface area contributed by atoms with E-state index in [-0.39, 0.29) is 18.8 Å². The lowest BCUT2D eigenvalue weighted by Gasteiger charge is -2.19. The SMILES string of the molecule is CCCCCCCCCOCCCOP(=O)(OC)OCC1OC([n+]2cccc(C(N)=O)c2)C(O)C1O. The fourth-order valence-electron chi connectivity index (χ4n) is 3.82. The minimum absolute atomic E-state index is 0.108. The molecule has 1 saturated heterocycles. The van der Waals surface area contributed by atoms with Crippen molar-refractivity contribution in [2.24, 2.45) is 5.73 Å². The third kappa shape index (κ3) is 10.1. The molecule has 4 N–H and O–H groups in total. The lowest BCUT2D eigenvalue weighted by molar-refractivity contribution is -0.765. The van der Waals surface area contributed by atoms with Crippen molar-refractivity contribution in [2.45, 2.75) is 82.8 Å². The van der Waals surface area contributed by atoms with Crippen molar-refractivity contribution in [3.63, 3.8) is 0 Å². The largest absolute Gasteiger partial charge is 0.474 e. The van der Waals surface area contributed by atoms with E-state index in [1.54, 1.807) is 12.3 Å². The maximum Gasteiger partial charge on any atom is 0.474 e. The Balaban J connectivity index is 1.68. The second kappa shape index (κ2) is 16.4. The molecule has 1 amide bonds. The summed E-state index contributed by atoms with van der Waals surface area (Å²) in [4.78, 5) is 11.4. The van der Waals surface area contributed by atoms with Gasteiger partial charge in [-0.15, -0.1) is 0 Å². The first-order chi connectivity index (χ1) is 17.3. The molecule has 0 aromatic carbocycles. The quantitative estimate of drug-likeness (QED) is 0.138. The fourth-order valence-corrected chi connectivity index (χ4v) is 4.79. The Morgan fingerprint density at radius 3 is 2.44 bits per heavy atom. The highest BCUT2D eigenvalue weighted by molar-refractivity contribution is 7.48. The van der Waals surface area contributed by atoms with Crippen molar-refractivity contribution < 1.29 is 47.2 Å². The number of ether oxygens (including phenoxy) is 2. The van der Waals surface area contributed by atoms with E-state index in [2.05, 4.69) is 6.92 Å². The summed E-state index contributed by atoms with van der Waals surface area (Å²) in [5, 5.41) is 20.8. The summed E-state index contributed by atoms with van der Waals surface area (Å²) in [6.45, 7) is 3.13. The van der Waals surface area contributed by atoms with E-state index < -0.39 is 38.3 Å². The fraction of sp³-hybridized carbons (Fsp3) is 0.750. The first-order valence-corrected chi connectivity index (χ1v) is 14.1. The van der Waals surface area contributed by atoms with Crippen LogP contribution < -0.4 is 10.3 Å². The van der Waals surface area contributed by atoms with E-state index in [9.17, 15) is 19.6 Å². The molecule has 12 heteroatoms. The molecule has 5 atom stereocenters. The monoisotopic (exact) mass is 533 g/mol. The summed E-state index contributed by atoms with van der Waals surface area (Å²) in [7, 11) is -2.69. The number of nitrogens with two attached hydrogens (primary N) is 1. The number of pyridine rings is 1. The van der Waals surface area contributed by atoms with E-state index >= 15 is 0 Å². The van der Waals surface area contributed by atoms with E-state index in [1.165, 1.54) is 56.0 Å². The molecule has 1 aliphatic rings. The molecule has 11 nitrogen and oxygen atoms in total. The van der Waals surface area contributed by atoms with Crippen LogP contribution in [-0.4, -0.2) is 68.0 Å². The van der Waals surface area contributed by atoms with Gasteiger partial charge in [-0.1, -0.05) is 45.4 Å². The molecule has 206 valence electrons. The number of unbranched alkanes of at least 4 members (excludes halogenated alkanes) is 6. The lowest BCUT2D eigenvalue weighted by Crippen LogP contribution is -2.46.